The average Bonchev–Trinajstić information content (AvgIpc) is 2.43. The number of imide groups is 1. The van der Waals surface area contributed by atoms with Crippen molar-refractivity contribution in [3.8, 4) is 0 Å². The molecule has 5 nitrogen and oxygen atoms in total. The summed E-state index contributed by atoms with van der Waals surface area (Å²) in [4.78, 5) is 23.2. The largest absolute Gasteiger partial charge is 0.390 e. The van der Waals surface area contributed by atoms with Gasteiger partial charge in [-0.1, -0.05) is 0 Å². The summed E-state index contributed by atoms with van der Waals surface area (Å²) < 4.78 is 25.2. The molecular formula is C8H12F2N2O3. The number of halogens is 2. The van der Waals surface area contributed by atoms with E-state index in [1.54, 1.807) is 0 Å². The summed E-state index contributed by atoms with van der Waals surface area (Å²) in [5.74, 6) is -4.19. The van der Waals surface area contributed by atoms with E-state index in [1.165, 1.54) is 7.05 Å². The molecule has 0 aliphatic carbocycles. The van der Waals surface area contributed by atoms with Crippen molar-refractivity contribution in [3.63, 3.8) is 0 Å². The molecule has 1 fully saturated rings. The highest BCUT2D eigenvalue weighted by Crippen LogP contribution is 2.14. The average molecular weight is 222 g/mol. The number of nitrogens with one attached hydrogen (secondary N) is 1. The second-order valence-electron chi connectivity index (χ2n) is 3.44. The van der Waals surface area contributed by atoms with E-state index in [9.17, 15) is 18.4 Å². The molecule has 0 aromatic carbocycles. The summed E-state index contributed by atoms with van der Waals surface area (Å²) in [5.41, 5.74) is 0. The Morgan fingerprint density at radius 1 is 1.60 bits per heavy atom. The monoisotopic (exact) mass is 222 g/mol. The van der Waals surface area contributed by atoms with E-state index >= 15 is 0 Å². The Balaban J connectivity index is 2.48. The van der Waals surface area contributed by atoms with Crippen molar-refractivity contribution in [1.29, 1.82) is 0 Å². The highest BCUT2D eigenvalue weighted by atomic mass is 19.3. The van der Waals surface area contributed by atoms with Crippen LogP contribution in [0, 0.1) is 0 Å². The van der Waals surface area contributed by atoms with E-state index in [0.717, 1.165) is 4.90 Å². The third-order valence-corrected chi connectivity index (χ3v) is 2.22. The molecule has 86 valence electrons. The van der Waals surface area contributed by atoms with Gasteiger partial charge in [0.15, 0.2) is 0 Å². The van der Waals surface area contributed by atoms with Crippen LogP contribution in [0.1, 0.15) is 6.42 Å². The lowest BCUT2D eigenvalue weighted by molar-refractivity contribution is -0.137. The van der Waals surface area contributed by atoms with E-state index < -0.39 is 36.9 Å². The molecule has 1 saturated heterocycles. The topological polar surface area (TPSA) is 69.6 Å². The zero-order valence-electron chi connectivity index (χ0n) is 8.17. The minimum absolute atomic E-state index is 0.114. The van der Waals surface area contributed by atoms with Crippen LogP contribution in [-0.2, 0) is 9.59 Å². The Bertz CT molecular complexity index is 283. The maximum atomic E-state index is 12.6. The summed E-state index contributed by atoms with van der Waals surface area (Å²) in [6.45, 7) is -2.11. The summed E-state index contributed by atoms with van der Waals surface area (Å²) in [6, 6.07) is -0.903. The molecule has 1 atom stereocenters. The van der Waals surface area contributed by atoms with Crippen molar-refractivity contribution < 1.29 is 23.5 Å². The lowest BCUT2D eigenvalue weighted by Crippen LogP contribution is -2.44. The van der Waals surface area contributed by atoms with Crippen molar-refractivity contribution in [1.82, 2.24) is 10.2 Å². The van der Waals surface area contributed by atoms with E-state index in [2.05, 4.69) is 5.32 Å². The van der Waals surface area contributed by atoms with Gasteiger partial charge >= 0.3 is 0 Å². The van der Waals surface area contributed by atoms with Crippen molar-refractivity contribution in [2.45, 2.75) is 18.4 Å². The molecule has 1 heterocycles. The minimum atomic E-state index is -3.27. The van der Waals surface area contributed by atoms with Crippen LogP contribution in [0.25, 0.3) is 0 Å². The number of likely N-dealkylation sites (N-methyl/N-ethyl adjacent to an activating group) is 1. The van der Waals surface area contributed by atoms with Crippen LogP contribution < -0.4 is 5.32 Å². The lowest BCUT2D eigenvalue weighted by Gasteiger charge is -2.16. The van der Waals surface area contributed by atoms with Gasteiger partial charge in [0.2, 0.25) is 11.8 Å². The van der Waals surface area contributed by atoms with Gasteiger partial charge in [-0.05, 0) is 0 Å². The number of carbonyl (C=O) groups excluding carboxylic acids is 2. The number of amides is 2. The third kappa shape index (κ3) is 2.69. The van der Waals surface area contributed by atoms with Crippen molar-refractivity contribution in [2.24, 2.45) is 0 Å². The Labute approximate surface area is 85.0 Å². The summed E-state index contributed by atoms with van der Waals surface area (Å²) in [5, 5.41) is 10.5. The molecule has 0 aromatic heterocycles. The molecule has 0 radical (unpaired) electrons. The fraction of sp³-hybridized carbons (Fsp3) is 0.750. The Hall–Kier alpha value is -1.08. The molecule has 0 spiro atoms. The fourth-order valence-corrected chi connectivity index (χ4v) is 1.24. The number of nitrogens with zero attached hydrogens (tertiary/aromatic N) is 1. The number of aliphatic hydroxyl groups excluding tert-OH is 1. The van der Waals surface area contributed by atoms with Gasteiger partial charge in [-0.2, -0.15) is 0 Å². The van der Waals surface area contributed by atoms with E-state index in [4.69, 9.17) is 5.11 Å². The molecular weight excluding hydrogens is 210 g/mol. The number of rotatable bonds is 4. The molecule has 2 amide bonds. The van der Waals surface area contributed by atoms with Gasteiger partial charge in [0.05, 0.1) is 19.0 Å². The molecule has 2 N–H and O–H groups in total. The van der Waals surface area contributed by atoms with Crippen LogP contribution in [0.4, 0.5) is 8.78 Å². The quantitative estimate of drug-likeness (QED) is 0.596. The SMILES string of the molecule is CN1C(=O)CC(NCC(F)(F)CO)C1=O. The molecule has 0 saturated carbocycles. The van der Waals surface area contributed by atoms with E-state index in [-0.39, 0.29) is 6.42 Å². The first-order valence-corrected chi connectivity index (χ1v) is 4.40. The summed E-state index contributed by atoms with van der Waals surface area (Å²) >= 11 is 0. The van der Waals surface area contributed by atoms with Crippen molar-refractivity contribution in [3.05, 3.63) is 0 Å². The zero-order chi connectivity index (χ0) is 11.6. The molecule has 1 rings (SSSR count). The standard InChI is InChI=1S/C8H12F2N2O3/c1-12-6(14)2-5(7(12)15)11-3-8(9,10)4-13/h5,11,13H,2-4H2,1H3. The first-order valence-electron chi connectivity index (χ1n) is 4.40. The Morgan fingerprint density at radius 3 is 2.60 bits per heavy atom. The number of aliphatic hydroxyl groups is 1. The normalized spacial score (nSPS) is 22.7. The number of hydrogen-bond donors (Lipinski definition) is 2. The highest BCUT2D eigenvalue weighted by Gasteiger charge is 2.38. The Morgan fingerprint density at radius 2 is 2.20 bits per heavy atom. The van der Waals surface area contributed by atoms with Gasteiger partial charge in [-0.25, -0.2) is 8.78 Å². The molecule has 0 aromatic rings. The van der Waals surface area contributed by atoms with Crippen molar-refractivity contribution >= 4 is 11.8 Å². The van der Waals surface area contributed by atoms with Crippen LogP contribution >= 0.6 is 0 Å². The number of likely N-dealkylation sites (tertiary alicyclic amines) is 1. The Kier molecular flexibility index (Phi) is 3.35. The smallest absolute Gasteiger partial charge is 0.282 e. The van der Waals surface area contributed by atoms with E-state index in [1.807, 2.05) is 0 Å². The second kappa shape index (κ2) is 4.19. The molecule has 15 heavy (non-hydrogen) atoms. The van der Waals surface area contributed by atoms with Crippen LogP contribution in [0.2, 0.25) is 0 Å². The van der Waals surface area contributed by atoms with Crippen LogP contribution in [-0.4, -0.2) is 54.0 Å². The zero-order valence-corrected chi connectivity index (χ0v) is 8.17. The van der Waals surface area contributed by atoms with Gasteiger partial charge in [-0.15, -0.1) is 0 Å². The first-order chi connectivity index (χ1) is 6.87. The maximum Gasteiger partial charge on any atom is 0.282 e. The number of carbonyl (C=O) groups is 2. The summed E-state index contributed by atoms with van der Waals surface area (Å²) in [7, 11) is 1.30. The van der Waals surface area contributed by atoms with Gasteiger partial charge in [0, 0.05) is 7.05 Å². The first kappa shape index (κ1) is 12.0. The molecule has 1 unspecified atom stereocenters. The maximum absolute atomic E-state index is 12.6. The van der Waals surface area contributed by atoms with Crippen LogP contribution in [0.15, 0.2) is 0 Å². The van der Waals surface area contributed by atoms with E-state index in [0.29, 0.717) is 0 Å². The highest BCUT2D eigenvalue weighted by molar-refractivity contribution is 6.05. The molecule has 7 heteroatoms. The van der Waals surface area contributed by atoms with Gasteiger partial charge in [0.1, 0.15) is 6.61 Å². The molecule has 1 aliphatic rings. The predicted octanol–water partition coefficient (Wildman–Crippen LogP) is -1.04. The minimum Gasteiger partial charge on any atom is -0.390 e. The molecule has 1 aliphatic heterocycles. The number of hydrogen-bond acceptors (Lipinski definition) is 4. The van der Waals surface area contributed by atoms with Gasteiger partial charge in [0.25, 0.3) is 5.92 Å². The summed E-state index contributed by atoms with van der Waals surface area (Å²) in [6.07, 6.45) is -0.114. The van der Waals surface area contributed by atoms with Gasteiger partial charge in [-0.3, -0.25) is 19.8 Å². The third-order valence-electron chi connectivity index (χ3n) is 2.22. The van der Waals surface area contributed by atoms with Gasteiger partial charge < -0.3 is 5.11 Å². The number of alkyl halides is 2. The van der Waals surface area contributed by atoms with Crippen LogP contribution in [0.5, 0.6) is 0 Å². The van der Waals surface area contributed by atoms with Crippen molar-refractivity contribution in [2.75, 3.05) is 20.2 Å². The lowest BCUT2D eigenvalue weighted by atomic mass is 10.2. The molecule has 0 bridgehead atoms. The second-order valence-corrected chi connectivity index (χ2v) is 3.44. The predicted molar refractivity (Wildman–Crippen MR) is 46.2 cm³/mol. The van der Waals surface area contributed by atoms with Crippen LogP contribution in [0.3, 0.4) is 0 Å². The fourth-order valence-electron chi connectivity index (χ4n) is 1.24.